The highest BCUT2D eigenvalue weighted by molar-refractivity contribution is 5.78. The molecule has 0 aromatic rings. The third-order valence-corrected chi connectivity index (χ3v) is 2.68. The van der Waals surface area contributed by atoms with Crippen LogP contribution < -0.4 is 0 Å². The average molecular weight is 185 g/mol. The van der Waals surface area contributed by atoms with Gasteiger partial charge in [-0.15, -0.1) is 0 Å². The Morgan fingerprint density at radius 1 is 1.69 bits per heavy atom. The SMILES string of the molecule is CCC(C)C(=O)N1CCOCC1C. The highest BCUT2D eigenvalue weighted by Crippen LogP contribution is 2.12. The van der Waals surface area contributed by atoms with E-state index in [-0.39, 0.29) is 17.9 Å². The largest absolute Gasteiger partial charge is 0.377 e. The second-order valence-corrected chi connectivity index (χ2v) is 3.76. The highest BCUT2D eigenvalue weighted by atomic mass is 16.5. The molecule has 0 aromatic carbocycles. The van der Waals surface area contributed by atoms with Crippen LogP contribution in [0.4, 0.5) is 0 Å². The summed E-state index contributed by atoms with van der Waals surface area (Å²) in [5.74, 6) is 0.429. The molecule has 0 radical (unpaired) electrons. The molecule has 1 heterocycles. The molecular formula is C10H19NO2. The van der Waals surface area contributed by atoms with Gasteiger partial charge in [0.2, 0.25) is 5.91 Å². The number of amides is 1. The first kappa shape index (κ1) is 10.5. The lowest BCUT2D eigenvalue weighted by molar-refractivity contribution is -0.143. The van der Waals surface area contributed by atoms with Crippen molar-refractivity contribution in [3.63, 3.8) is 0 Å². The number of carbonyl (C=O) groups excluding carboxylic acids is 1. The molecule has 1 fully saturated rings. The number of ether oxygens (including phenoxy) is 1. The van der Waals surface area contributed by atoms with Crippen molar-refractivity contribution in [2.45, 2.75) is 33.2 Å². The first-order valence-corrected chi connectivity index (χ1v) is 5.05. The molecule has 2 unspecified atom stereocenters. The van der Waals surface area contributed by atoms with Crippen LogP contribution in [0, 0.1) is 5.92 Å². The molecule has 0 bridgehead atoms. The fraction of sp³-hybridized carbons (Fsp3) is 0.900. The molecule has 2 atom stereocenters. The van der Waals surface area contributed by atoms with E-state index in [0.29, 0.717) is 13.2 Å². The molecule has 0 aliphatic carbocycles. The van der Waals surface area contributed by atoms with Crippen molar-refractivity contribution in [3.8, 4) is 0 Å². The van der Waals surface area contributed by atoms with Crippen molar-refractivity contribution in [3.05, 3.63) is 0 Å². The minimum atomic E-state index is 0.153. The molecule has 1 amide bonds. The van der Waals surface area contributed by atoms with Gasteiger partial charge in [0.1, 0.15) is 0 Å². The molecule has 3 heteroatoms. The molecule has 1 rings (SSSR count). The van der Waals surface area contributed by atoms with Crippen LogP contribution in [0.2, 0.25) is 0 Å². The van der Waals surface area contributed by atoms with Crippen molar-refractivity contribution in [2.24, 2.45) is 5.92 Å². The zero-order valence-corrected chi connectivity index (χ0v) is 8.75. The number of rotatable bonds is 2. The summed E-state index contributed by atoms with van der Waals surface area (Å²) in [6.45, 7) is 8.21. The molecule has 3 nitrogen and oxygen atoms in total. The Hall–Kier alpha value is -0.570. The van der Waals surface area contributed by atoms with Gasteiger partial charge in [0.05, 0.1) is 19.3 Å². The molecular weight excluding hydrogens is 166 g/mol. The third-order valence-electron chi connectivity index (χ3n) is 2.68. The topological polar surface area (TPSA) is 29.5 Å². The van der Waals surface area contributed by atoms with Gasteiger partial charge in [-0.2, -0.15) is 0 Å². The van der Waals surface area contributed by atoms with Crippen LogP contribution in [0.15, 0.2) is 0 Å². The van der Waals surface area contributed by atoms with Crippen LogP contribution in [-0.4, -0.2) is 36.6 Å². The zero-order chi connectivity index (χ0) is 9.84. The molecule has 0 saturated carbocycles. The van der Waals surface area contributed by atoms with Crippen LogP contribution in [0.3, 0.4) is 0 Å². The van der Waals surface area contributed by atoms with Gasteiger partial charge in [-0.3, -0.25) is 4.79 Å². The lowest BCUT2D eigenvalue weighted by Crippen LogP contribution is -2.48. The Kier molecular flexibility index (Phi) is 3.72. The Balaban J connectivity index is 2.53. The Bertz CT molecular complexity index is 182. The Labute approximate surface area is 80.1 Å². The highest BCUT2D eigenvalue weighted by Gasteiger charge is 2.26. The third kappa shape index (κ3) is 2.44. The minimum absolute atomic E-state index is 0.153. The van der Waals surface area contributed by atoms with Gasteiger partial charge >= 0.3 is 0 Å². The fourth-order valence-corrected chi connectivity index (χ4v) is 1.51. The number of carbonyl (C=O) groups is 1. The average Bonchev–Trinajstić information content (AvgIpc) is 2.16. The van der Waals surface area contributed by atoms with E-state index < -0.39 is 0 Å². The van der Waals surface area contributed by atoms with Crippen molar-refractivity contribution >= 4 is 5.91 Å². The molecule has 76 valence electrons. The second-order valence-electron chi connectivity index (χ2n) is 3.76. The van der Waals surface area contributed by atoms with Gasteiger partial charge in [0, 0.05) is 12.5 Å². The van der Waals surface area contributed by atoms with Gasteiger partial charge in [0.15, 0.2) is 0 Å². The van der Waals surface area contributed by atoms with E-state index in [1.165, 1.54) is 0 Å². The maximum Gasteiger partial charge on any atom is 0.225 e. The number of hydrogen-bond acceptors (Lipinski definition) is 2. The van der Waals surface area contributed by atoms with Crippen molar-refractivity contribution < 1.29 is 9.53 Å². The maximum absolute atomic E-state index is 11.8. The number of morpholine rings is 1. The summed E-state index contributed by atoms with van der Waals surface area (Å²) in [6.07, 6.45) is 0.920. The molecule has 0 aromatic heterocycles. The normalized spacial score (nSPS) is 25.8. The van der Waals surface area contributed by atoms with E-state index in [2.05, 4.69) is 0 Å². The summed E-state index contributed by atoms with van der Waals surface area (Å²) in [7, 11) is 0. The number of hydrogen-bond donors (Lipinski definition) is 0. The summed E-state index contributed by atoms with van der Waals surface area (Å²) < 4.78 is 5.28. The van der Waals surface area contributed by atoms with Crippen LogP contribution >= 0.6 is 0 Å². The molecule has 13 heavy (non-hydrogen) atoms. The predicted octanol–water partition coefficient (Wildman–Crippen LogP) is 1.28. The smallest absolute Gasteiger partial charge is 0.225 e. The standard InChI is InChI=1S/C10H19NO2/c1-4-8(2)10(12)11-5-6-13-7-9(11)3/h8-9H,4-7H2,1-3H3. The van der Waals surface area contributed by atoms with Crippen LogP contribution in [0.1, 0.15) is 27.2 Å². The molecule has 0 spiro atoms. The molecule has 1 aliphatic heterocycles. The quantitative estimate of drug-likeness (QED) is 0.648. The summed E-state index contributed by atoms with van der Waals surface area (Å²) in [6, 6.07) is 0.246. The van der Waals surface area contributed by atoms with E-state index in [9.17, 15) is 4.79 Å². The van der Waals surface area contributed by atoms with Gasteiger partial charge in [-0.1, -0.05) is 13.8 Å². The molecule has 0 N–H and O–H groups in total. The lowest BCUT2D eigenvalue weighted by Gasteiger charge is -2.34. The first-order chi connectivity index (χ1) is 6.16. The lowest BCUT2D eigenvalue weighted by atomic mass is 10.1. The first-order valence-electron chi connectivity index (χ1n) is 5.05. The van der Waals surface area contributed by atoms with Gasteiger partial charge in [-0.25, -0.2) is 0 Å². The summed E-state index contributed by atoms with van der Waals surface area (Å²) in [4.78, 5) is 13.8. The summed E-state index contributed by atoms with van der Waals surface area (Å²) in [5, 5.41) is 0. The summed E-state index contributed by atoms with van der Waals surface area (Å²) in [5.41, 5.74) is 0. The minimum Gasteiger partial charge on any atom is -0.377 e. The Morgan fingerprint density at radius 2 is 2.38 bits per heavy atom. The predicted molar refractivity (Wildman–Crippen MR) is 51.4 cm³/mol. The van der Waals surface area contributed by atoms with E-state index in [1.54, 1.807) is 0 Å². The van der Waals surface area contributed by atoms with E-state index in [1.807, 2.05) is 25.7 Å². The zero-order valence-electron chi connectivity index (χ0n) is 8.75. The fourth-order valence-electron chi connectivity index (χ4n) is 1.51. The van der Waals surface area contributed by atoms with Crippen molar-refractivity contribution in [2.75, 3.05) is 19.8 Å². The van der Waals surface area contributed by atoms with Gasteiger partial charge in [-0.05, 0) is 13.3 Å². The van der Waals surface area contributed by atoms with E-state index >= 15 is 0 Å². The van der Waals surface area contributed by atoms with Crippen molar-refractivity contribution in [1.82, 2.24) is 4.90 Å². The van der Waals surface area contributed by atoms with Gasteiger partial charge < -0.3 is 9.64 Å². The maximum atomic E-state index is 11.8. The number of nitrogens with zero attached hydrogens (tertiary/aromatic N) is 1. The van der Waals surface area contributed by atoms with Crippen LogP contribution in [-0.2, 0) is 9.53 Å². The van der Waals surface area contributed by atoms with Crippen LogP contribution in [0.5, 0.6) is 0 Å². The monoisotopic (exact) mass is 185 g/mol. The summed E-state index contributed by atoms with van der Waals surface area (Å²) >= 11 is 0. The van der Waals surface area contributed by atoms with E-state index in [4.69, 9.17) is 4.74 Å². The van der Waals surface area contributed by atoms with E-state index in [0.717, 1.165) is 13.0 Å². The van der Waals surface area contributed by atoms with Crippen molar-refractivity contribution in [1.29, 1.82) is 0 Å². The Morgan fingerprint density at radius 3 is 2.92 bits per heavy atom. The van der Waals surface area contributed by atoms with Gasteiger partial charge in [0.25, 0.3) is 0 Å². The second kappa shape index (κ2) is 4.61. The molecule has 1 saturated heterocycles. The molecule has 1 aliphatic rings. The van der Waals surface area contributed by atoms with Crippen LogP contribution in [0.25, 0.3) is 0 Å².